The van der Waals surface area contributed by atoms with E-state index in [1.165, 1.54) is 29.1 Å². The highest BCUT2D eigenvalue weighted by Gasteiger charge is 2.10. The van der Waals surface area contributed by atoms with Crippen LogP contribution in [-0.4, -0.2) is 27.7 Å². The van der Waals surface area contributed by atoms with E-state index < -0.39 is 0 Å². The van der Waals surface area contributed by atoms with Gasteiger partial charge in [-0.3, -0.25) is 14.2 Å². The fraction of sp³-hybridized carbons (Fsp3) is 0.105. The second-order valence-electron chi connectivity index (χ2n) is 5.54. The molecule has 3 aromatic rings. The normalized spacial score (nSPS) is 10.3. The summed E-state index contributed by atoms with van der Waals surface area (Å²) < 4.78 is 6.50. The van der Waals surface area contributed by atoms with Gasteiger partial charge in [0.25, 0.3) is 5.56 Å². The van der Waals surface area contributed by atoms with Crippen LogP contribution in [0.3, 0.4) is 0 Å². The van der Waals surface area contributed by atoms with Crippen LogP contribution < -0.4 is 15.6 Å². The van der Waals surface area contributed by atoms with E-state index in [4.69, 9.17) is 4.74 Å². The van der Waals surface area contributed by atoms with E-state index in [2.05, 4.69) is 10.3 Å². The Bertz CT molecular complexity index is 981. The third-order valence-corrected chi connectivity index (χ3v) is 3.73. The minimum atomic E-state index is -0.371. The average molecular weight is 351 g/mol. The Balaban J connectivity index is 1.76. The van der Waals surface area contributed by atoms with Gasteiger partial charge in [-0.1, -0.05) is 12.1 Å². The predicted molar refractivity (Wildman–Crippen MR) is 97.2 cm³/mol. The van der Waals surface area contributed by atoms with E-state index in [-0.39, 0.29) is 23.8 Å². The predicted octanol–water partition coefficient (Wildman–Crippen LogP) is 2.26. The maximum Gasteiger partial charge on any atom is 0.254 e. The molecule has 26 heavy (non-hydrogen) atoms. The molecule has 0 bridgehead atoms. The van der Waals surface area contributed by atoms with E-state index in [0.29, 0.717) is 22.7 Å². The van der Waals surface area contributed by atoms with Crippen LogP contribution in [0.1, 0.15) is 0 Å². The molecule has 0 spiro atoms. The minimum absolute atomic E-state index is 0.107. The van der Waals surface area contributed by atoms with Gasteiger partial charge in [0.2, 0.25) is 5.91 Å². The fourth-order valence-electron chi connectivity index (χ4n) is 2.45. The molecule has 1 amide bonds. The summed E-state index contributed by atoms with van der Waals surface area (Å²) in [6.45, 7) is -0.168. The van der Waals surface area contributed by atoms with E-state index in [1.54, 1.807) is 25.3 Å². The van der Waals surface area contributed by atoms with Crippen LogP contribution in [0.25, 0.3) is 11.3 Å². The zero-order valence-corrected chi connectivity index (χ0v) is 14.0. The number of aromatic nitrogens is 2. The van der Waals surface area contributed by atoms with Gasteiger partial charge >= 0.3 is 0 Å². The molecule has 2 N–H and O–H groups in total. The molecule has 7 nitrogen and oxygen atoms in total. The summed E-state index contributed by atoms with van der Waals surface area (Å²) in [5.41, 5.74) is 1.36. The van der Waals surface area contributed by atoms with Crippen molar-refractivity contribution in [2.24, 2.45) is 0 Å². The van der Waals surface area contributed by atoms with Crippen molar-refractivity contribution >= 4 is 11.6 Å². The summed E-state index contributed by atoms with van der Waals surface area (Å²) in [7, 11) is 1.55. The largest absolute Gasteiger partial charge is 0.508 e. The standard InChI is InChI=1S/C19H17N3O4/c1-26-17-5-3-2-4-15(17)16-10-19(25)22(12-20-16)11-18(24)21-13-6-8-14(23)9-7-13/h2-10,12,23H,11H2,1H3,(H,21,24). The first kappa shape index (κ1) is 17.2. The molecule has 0 aliphatic rings. The van der Waals surface area contributed by atoms with Gasteiger partial charge in [-0.15, -0.1) is 0 Å². The van der Waals surface area contributed by atoms with Crippen molar-refractivity contribution in [1.29, 1.82) is 0 Å². The number of para-hydroxylation sites is 1. The number of phenolic OH excluding ortho intramolecular Hbond substituents is 1. The molecule has 2 aromatic carbocycles. The van der Waals surface area contributed by atoms with Crippen LogP contribution in [0.15, 0.2) is 65.7 Å². The van der Waals surface area contributed by atoms with E-state index in [1.807, 2.05) is 18.2 Å². The Labute approximate surface area is 149 Å². The number of aromatic hydroxyl groups is 1. The lowest BCUT2D eigenvalue weighted by molar-refractivity contribution is -0.116. The molecule has 0 aliphatic carbocycles. The molecule has 7 heteroatoms. The minimum Gasteiger partial charge on any atom is -0.508 e. The van der Waals surface area contributed by atoms with Gasteiger partial charge in [-0.05, 0) is 36.4 Å². The van der Waals surface area contributed by atoms with Crippen LogP contribution in [0, 0.1) is 0 Å². The third kappa shape index (κ3) is 3.89. The lowest BCUT2D eigenvalue weighted by Gasteiger charge is -2.10. The summed E-state index contributed by atoms with van der Waals surface area (Å²) in [4.78, 5) is 28.7. The van der Waals surface area contributed by atoms with Gasteiger partial charge in [-0.2, -0.15) is 0 Å². The number of methoxy groups -OCH3 is 1. The van der Waals surface area contributed by atoms with E-state index >= 15 is 0 Å². The number of ether oxygens (including phenoxy) is 1. The monoisotopic (exact) mass is 351 g/mol. The van der Waals surface area contributed by atoms with Crippen LogP contribution in [0.2, 0.25) is 0 Å². The number of rotatable bonds is 5. The number of nitrogens with zero attached hydrogens (tertiary/aromatic N) is 2. The zero-order chi connectivity index (χ0) is 18.5. The smallest absolute Gasteiger partial charge is 0.254 e. The number of nitrogens with one attached hydrogen (secondary N) is 1. The molecule has 0 unspecified atom stereocenters. The second kappa shape index (κ2) is 7.52. The maximum absolute atomic E-state index is 12.3. The van der Waals surface area contributed by atoms with Gasteiger partial charge < -0.3 is 15.2 Å². The Morgan fingerprint density at radius 2 is 1.92 bits per heavy atom. The number of carbonyl (C=O) groups excluding carboxylic acids is 1. The topological polar surface area (TPSA) is 93.5 Å². The molecular formula is C19H17N3O4. The summed E-state index contributed by atoms with van der Waals surface area (Å²) in [5.74, 6) is 0.349. The summed E-state index contributed by atoms with van der Waals surface area (Å²) in [6.07, 6.45) is 1.33. The van der Waals surface area contributed by atoms with Gasteiger partial charge in [0, 0.05) is 17.3 Å². The van der Waals surface area contributed by atoms with Gasteiger partial charge in [0.15, 0.2) is 0 Å². The molecule has 0 aliphatic heterocycles. The van der Waals surface area contributed by atoms with E-state index in [0.717, 1.165) is 0 Å². The molecule has 0 radical (unpaired) electrons. The number of amides is 1. The average Bonchev–Trinajstić information content (AvgIpc) is 2.65. The third-order valence-electron chi connectivity index (χ3n) is 3.73. The Morgan fingerprint density at radius 1 is 1.19 bits per heavy atom. The Hall–Kier alpha value is -3.61. The molecular weight excluding hydrogens is 334 g/mol. The van der Waals surface area contributed by atoms with Crippen molar-refractivity contribution in [1.82, 2.24) is 9.55 Å². The van der Waals surface area contributed by atoms with Crippen molar-refractivity contribution < 1.29 is 14.6 Å². The molecule has 0 fully saturated rings. The molecule has 1 heterocycles. The number of hydrogen-bond donors (Lipinski definition) is 2. The number of carbonyl (C=O) groups is 1. The first-order valence-electron chi connectivity index (χ1n) is 7.85. The van der Waals surface area contributed by atoms with Crippen molar-refractivity contribution in [3.63, 3.8) is 0 Å². The lowest BCUT2D eigenvalue weighted by atomic mass is 10.1. The molecule has 3 rings (SSSR count). The lowest BCUT2D eigenvalue weighted by Crippen LogP contribution is -2.27. The highest BCUT2D eigenvalue weighted by molar-refractivity contribution is 5.90. The number of anilines is 1. The van der Waals surface area contributed by atoms with Crippen LogP contribution in [0.5, 0.6) is 11.5 Å². The maximum atomic E-state index is 12.3. The highest BCUT2D eigenvalue weighted by Crippen LogP contribution is 2.26. The highest BCUT2D eigenvalue weighted by atomic mass is 16.5. The Kier molecular flexibility index (Phi) is 4.98. The van der Waals surface area contributed by atoms with Crippen LogP contribution in [-0.2, 0) is 11.3 Å². The quantitative estimate of drug-likeness (QED) is 0.688. The van der Waals surface area contributed by atoms with Crippen LogP contribution in [0.4, 0.5) is 5.69 Å². The number of phenols is 1. The molecule has 0 atom stereocenters. The van der Waals surface area contributed by atoms with Gasteiger partial charge in [0.1, 0.15) is 18.0 Å². The number of hydrogen-bond acceptors (Lipinski definition) is 5. The molecule has 0 saturated heterocycles. The van der Waals surface area contributed by atoms with Crippen molar-refractivity contribution in [2.75, 3.05) is 12.4 Å². The summed E-state index contributed by atoms with van der Waals surface area (Å²) in [6, 6.07) is 14.7. The first-order chi connectivity index (χ1) is 12.6. The van der Waals surface area contributed by atoms with Crippen molar-refractivity contribution in [3.05, 3.63) is 71.3 Å². The first-order valence-corrected chi connectivity index (χ1v) is 7.85. The SMILES string of the molecule is COc1ccccc1-c1cc(=O)n(CC(=O)Nc2ccc(O)cc2)cn1. The van der Waals surface area contributed by atoms with Gasteiger partial charge in [-0.25, -0.2) is 4.98 Å². The van der Waals surface area contributed by atoms with Crippen molar-refractivity contribution in [3.8, 4) is 22.8 Å². The Morgan fingerprint density at radius 3 is 2.62 bits per heavy atom. The fourth-order valence-corrected chi connectivity index (χ4v) is 2.45. The molecule has 0 saturated carbocycles. The van der Waals surface area contributed by atoms with Gasteiger partial charge in [0.05, 0.1) is 19.1 Å². The molecule has 1 aromatic heterocycles. The molecule has 132 valence electrons. The second-order valence-corrected chi connectivity index (χ2v) is 5.54. The van der Waals surface area contributed by atoms with E-state index in [9.17, 15) is 14.7 Å². The van der Waals surface area contributed by atoms with Crippen molar-refractivity contribution in [2.45, 2.75) is 6.54 Å². The summed E-state index contributed by atoms with van der Waals surface area (Å²) >= 11 is 0. The summed E-state index contributed by atoms with van der Waals surface area (Å²) in [5, 5.41) is 11.9. The zero-order valence-electron chi connectivity index (χ0n) is 14.0. The number of benzene rings is 2. The van der Waals surface area contributed by atoms with Crippen LogP contribution >= 0.6 is 0 Å².